The monoisotopic (exact) mass is 284 g/mol. The molecule has 0 aliphatic carbocycles. The number of amides is 1. The molecule has 1 aromatic rings. The van der Waals surface area contributed by atoms with Gasteiger partial charge >= 0.3 is 5.97 Å². The van der Waals surface area contributed by atoms with E-state index in [1.807, 2.05) is 13.8 Å². The van der Waals surface area contributed by atoms with Crippen molar-refractivity contribution in [3.05, 3.63) is 11.4 Å². The molecule has 0 fully saturated rings. The Kier molecular flexibility index (Phi) is 5.63. The molecule has 0 radical (unpaired) electrons. The minimum atomic E-state index is -1.15. The molecule has 0 aliphatic heterocycles. The highest BCUT2D eigenvalue weighted by Gasteiger charge is 2.26. The van der Waals surface area contributed by atoms with Crippen LogP contribution in [0.5, 0.6) is 0 Å². The van der Waals surface area contributed by atoms with Crippen molar-refractivity contribution in [3.63, 3.8) is 0 Å². The second-order valence-electron chi connectivity index (χ2n) is 4.69. The van der Waals surface area contributed by atoms with Crippen molar-refractivity contribution < 1.29 is 19.4 Å². The number of nitrogens with zero attached hydrogens (tertiary/aromatic N) is 3. The zero-order valence-electron chi connectivity index (χ0n) is 12.1. The SMILES string of the molecule is COCCNC(=O)C(C)n1nnc(C(=O)O)c1C(C)C. The molecule has 1 atom stereocenters. The van der Waals surface area contributed by atoms with Gasteiger partial charge in [-0.15, -0.1) is 5.10 Å². The summed E-state index contributed by atoms with van der Waals surface area (Å²) in [6.45, 7) is 6.10. The summed E-state index contributed by atoms with van der Waals surface area (Å²) in [5.41, 5.74) is 0.323. The highest BCUT2D eigenvalue weighted by molar-refractivity contribution is 5.87. The Morgan fingerprint density at radius 1 is 1.40 bits per heavy atom. The van der Waals surface area contributed by atoms with Gasteiger partial charge in [-0.2, -0.15) is 0 Å². The standard InChI is InChI=1S/C12H20N4O4/c1-7(2)10-9(12(18)19)14-15-16(10)8(3)11(17)13-5-6-20-4/h7-8H,5-6H2,1-4H3,(H,13,17)(H,18,19). The van der Waals surface area contributed by atoms with Crippen molar-refractivity contribution in [1.82, 2.24) is 20.3 Å². The molecule has 1 heterocycles. The highest BCUT2D eigenvalue weighted by Crippen LogP contribution is 2.21. The van der Waals surface area contributed by atoms with Crippen molar-refractivity contribution in [2.24, 2.45) is 0 Å². The lowest BCUT2D eigenvalue weighted by atomic mass is 10.1. The number of carbonyl (C=O) groups excluding carboxylic acids is 1. The third kappa shape index (κ3) is 3.53. The van der Waals surface area contributed by atoms with E-state index in [-0.39, 0.29) is 17.5 Å². The first-order valence-electron chi connectivity index (χ1n) is 6.35. The Labute approximate surface area is 117 Å². The number of aromatic carboxylic acids is 1. The molecule has 0 spiro atoms. The lowest BCUT2D eigenvalue weighted by Gasteiger charge is -2.16. The maximum Gasteiger partial charge on any atom is 0.358 e. The molecule has 1 aromatic heterocycles. The topological polar surface area (TPSA) is 106 Å². The van der Waals surface area contributed by atoms with E-state index in [2.05, 4.69) is 15.6 Å². The van der Waals surface area contributed by atoms with E-state index < -0.39 is 12.0 Å². The van der Waals surface area contributed by atoms with Gasteiger partial charge < -0.3 is 15.2 Å². The van der Waals surface area contributed by atoms with Gasteiger partial charge in [0.25, 0.3) is 0 Å². The van der Waals surface area contributed by atoms with Crippen LogP contribution < -0.4 is 5.32 Å². The molecule has 20 heavy (non-hydrogen) atoms. The third-order valence-electron chi connectivity index (χ3n) is 2.83. The number of rotatable bonds is 7. The molecular formula is C12H20N4O4. The van der Waals surface area contributed by atoms with Gasteiger partial charge in [0.05, 0.1) is 12.3 Å². The van der Waals surface area contributed by atoms with Gasteiger partial charge in [-0.05, 0) is 12.8 Å². The third-order valence-corrected chi connectivity index (χ3v) is 2.83. The van der Waals surface area contributed by atoms with Gasteiger partial charge in [0.15, 0.2) is 5.69 Å². The fourth-order valence-corrected chi connectivity index (χ4v) is 1.81. The molecule has 8 heteroatoms. The van der Waals surface area contributed by atoms with Crippen LogP contribution in [0.3, 0.4) is 0 Å². The summed E-state index contributed by atoms with van der Waals surface area (Å²) in [7, 11) is 1.54. The van der Waals surface area contributed by atoms with E-state index in [0.29, 0.717) is 18.8 Å². The van der Waals surface area contributed by atoms with Crippen LogP contribution in [0, 0.1) is 0 Å². The summed E-state index contributed by atoms with van der Waals surface area (Å²) in [6, 6.07) is -0.634. The second kappa shape index (κ2) is 6.99. The van der Waals surface area contributed by atoms with Gasteiger partial charge in [0, 0.05) is 13.7 Å². The van der Waals surface area contributed by atoms with Crippen molar-refractivity contribution in [2.75, 3.05) is 20.3 Å². The number of carbonyl (C=O) groups is 2. The largest absolute Gasteiger partial charge is 0.476 e. The second-order valence-corrected chi connectivity index (χ2v) is 4.69. The lowest BCUT2D eigenvalue weighted by molar-refractivity contribution is -0.124. The van der Waals surface area contributed by atoms with Crippen LogP contribution in [-0.4, -0.2) is 52.2 Å². The van der Waals surface area contributed by atoms with Crippen molar-refractivity contribution in [3.8, 4) is 0 Å². The number of nitrogens with one attached hydrogen (secondary N) is 1. The van der Waals surface area contributed by atoms with Gasteiger partial charge in [-0.3, -0.25) is 4.79 Å². The quantitative estimate of drug-likeness (QED) is 0.703. The number of carboxylic acid groups (broad SMARTS) is 1. The Balaban J connectivity index is 2.95. The fraction of sp³-hybridized carbons (Fsp3) is 0.667. The normalized spacial score (nSPS) is 12.4. The molecule has 1 unspecified atom stereocenters. The molecule has 0 bridgehead atoms. The van der Waals surface area contributed by atoms with Gasteiger partial charge in [0.1, 0.15) is 6.04 Å². The maximum atomic E-state index is 12.0. The van der Waals surface area contributed by atoms with Crippen LogP contribution in [0.25, 0.3) is 0 Å². The minimum absolute atomic E-state index is 0.106. The Morgan fingerprint density at radius 3 is 2.55 bits per heavy atom. The van der Waals surface area contributed by atoms with Crippen LogP contribution >= 0.6 is 0 Å². The molecule has 0 saturated carbocycles. The van der Waals surface area contributed by atoms with Crippen LogP contribution in [0.15, 0.2) is 0 Å². The predicted molar refractivity (Wildman–Crippen MR) is 70.7 cm³/mol. The first-order chi connectivity index (χ1) is 9.40. The van der Waals surface area contributed by atoms with E-state index in [1.165, 1.54) is 4.68 Å². The van der Waals surface area contributed by atoms with Crippen LogP contribution in [0.2, 0.25) is 0 Å². The first kappa shape index (κ1) is 16.1. The van der Waals surface area contributed by atoms with Crippen molar-refractivity contribution in [1.29, 1.82) is 0 Å². The van der Waals surface area contributed by atoms with Crippen LogP contribution in [0.4, 0.5) is 0 Å². The average molecular weight is 284 g/mol. The number of aromatic nitrogens is 3. The molecule has 0 aromatic carbocycles. The average Bonchev–Trinajstić information content (AvgIpc) is 2.82. The first-order valence-corrected chi connectivity index (χ1v) is 6.35. The summed E-state index contributed by atoms with van der Waals surface area (Å²) < 4.78 is 6.21. The summed E-state index contributed by atoms with van der Waals surface area (Å²) in [5.74, 6) is -1.51. The molecule has 2 N–H and O–H groups in total. The molecule has 1 amide bonds. The fourth-order valence-electron chi connectivity index (χ4n) is 1.81. The van der Waals surface area contributed by atoms with Crippen LogP contribution in [0.1, 0.15) is 48.9 Å². The molecule has 0 saturated heterocycles. The summed E-state index contributed by atoms with van der Waals surface area (Å²) in [6.07, 6.45) is 0. The van der Waals surface area contributed by atoms with Crippen molar-refractivity contribution >= 4 is 11.9 Å². The summed E-state index contributed by atoms with van der Waals surface area (Å²) >= 11 is 0. The highest BCUT2D eigenvalue weighted by atomic mass is 16.5. The van der Waals surface area contributed by atoms with E-state index in [1.54, 1.807) is 14.0 Å². The number of carboxylic acids is 1. The number of hydrogen-bond donors (Lipinski definition) is 2. The zero-order chi connectivity index (χ0) is 15.3. The Bertz CT molecular complexity index is 484. The summed E-state index contributed by atoms with van der Waals surface area (Å²) in [4.78, 5) is 23.1. The molecule has 1 rings (SSSR count). The van der Waals surface area contributed by atoms with E-state index in [9.17, 15) is 9.59 Å². The van der Waals surface area contributed by atoms with E-state index >= 15 is 0 Å². The molecular weight excluding hydrogens is 264 g/mol. The van der Waals surface area contributed by atoms with Gasteiger partial charge in [-0.25, -0.2) is 9.48 Å². The van der Waals surface area contributed by atoms with E-state index in [0.717, 1.165) is 0 Å². The lowest BCUT2D eigenvalue weighted by Crippen LogP contribution is -2.34. The minimum Gasteiger partial charge on any atom is -0.476 e. The smallest absolute Gasteiger partial charge is 0.358 e. The zero-order valence-corrected chi connectivity index (χ0v) is 12.1. The molecule has 112 valence electrons. The van der Waals surface area contributed by atoms with Crippen molar-refractivity contribution in [2.45, 2.75) is 32.7 Å². The number of methoxy groups -OCH3 is 1. The predicted octanol–water partition coefficient (Wildman–Crippen LogP) is 0.423. The molecule has 8 nitrogen and oxygen atoms in total. The van der Waals surface area contributed by atoms with Gasteiger partial charge in [-0.1, -0.05) is 19.1 Å². The maximum absolute atomic E-state index is 12.0. The molecule has 0 aliphatic rings. The Morgan fingerprint density at radius 2 is 2.05 bits per heavy atom. The van der Waals surface area contributed by atoms with E-state index in [4.69, 9.17) is 9.84 Å². The van der Waals surface area contributed by atoms with Crippen LogP contribution in [-0.2, 0) is 9.53 Å². The summed E-state index contributed by atoms with van der Waals surface area (Å²) in [5, 5.41) is 19.2. The van der Waals surface area contributed by atoms with Gasteiger partial charge in [0.2, 0.25) is 5.91 Å². The Hall–Kier alpha value is -1.96. The number of ether oxygens (including phenoxy) is 1. The number of hydrogen-bond acceptors (Lipinski definition) is 5.